The number of nitrogens with one attached hydrogen (secondary N) is 3. The van der Waals surface area contributed by atoms with Gasteiger partial charge in [0.25, 0.3) is 6.10 Å². The summed E-state index contributed by atoms with van der Waals surface area (Å²) in [6, 6.07) is 8.84. The van der Waals surface area contributed by atoms with Gasteiger partial charge in [0.2, 0.25) is 17.7 Å². The van der Waals surface area contributed by atoms with Crippen LogP contribution in [-0.4, -0.2) is 73.2 Å². The molecule has 1 rings (SSSR count). The number of carboxylic acids is 1. The largest absolute Gasteiger partial charge is 0.479 e. The fourth-order valence-corrected chi connectivity index (χ4v) is 2.80. The van der Waals surface area contributed by atoms with Gasteiger partial charge in [-0.15, -0.1) is 0 Å². The van der Waals surface area contributed by atoms with Gasteiger partial charge in [-0.25, -0.2) is 4.79 Å². The lowest BCUT2D eigenvalue weighted by atomic mass is 9.93. The first-order chi connectivity index (χ1) is 16.4. The number of ether oxygens (including phenoxy) is 1. The molecule has 0 radical (unpaired) electrons. The van der Waals surface area contributed by atoms with Crippen LogP contribution in [0.4, 0.5) is 13.2 Å². The number of halogens is 3. The molecule has 0 aromatic heterocycles. The van der Waals surface area contributed by atoms with Crippen LogP contribution in [0.25, 0.3) is 0 Å². The fraction of sp³-hybridized carbons (Fsp3) is 0.476. The Balaban J connectivity index is 2.61. The quantitative estimate of drug-likeness (QED) is 0.198. The van der Waals surface area contributed by atoms with E-state index < -0.39 is 55.2 Å². The predicted octanol–water partition coefficient (Wildman–Crippen LogP) is -0.508. The molecule has 0 aliphatic rings. The van der Waals surface area contributed by atoms with Crippen molar-refractivity contribution >= 4 is 29.5 Å². The van der Waals surface area contributed by atoms with E-state index in [0.717, 1.165) is 5.56 Å². The van der Waals surface area contributed by atoms with E-state index in [1.54, 1.807) is 30.3 Å². The summed E-state index contributed by atoms with van der Waals surface area (Å²) in [5, 5.41) is 15.1. The van der Waals surface area contributed by atoms with E-state index in [-0.39, 0.29) is 38.1 Å². The lowest BCUT2D eigenvalue weighted by molar-refractivity contribution is -0.228. The summed E-state index contributed by atoms with van der Waals surface area (Å²) < 4.78 is 41.7. The molecule has 0 heterocycles. The van der Waals surface area contributed by atoms with Gasteiger partial charge in [-0.05, 0) is 18.4 Å². The third-order valence-electron chi connectivity index (χ3n) is 4.60. The van der Waals surface area contributed by atoms with Gasteiger partial charge in [-0.2, -0.15) is 13.2 Å². The predicted molar refractivity (Wildman–Crippen MR) is 115 cm³/mol. The number of nitrogens with two attached hydrogens (primary N) is 1. The number of hydrogen-bond acceptors (Lipinski definition) is 7. The van der Waals surface area contributed by atoms with Crippen LogP contribution in [0.5, 0.6) is 0 Å². The molecule has 0 saturated heterocycles. The number of carbonyl (C=O) groups excluding carboxylic acids is 4. The van der Waals surface area contributed by atoms with Crippen LogP contribution in [0.15, 0.2) is 30.3 Å². The van der Waals surface area contributed by atoms with Crippen molar-refractivity contribution < 1.29 is 47.0 Å². The van der Waals surface area contributed by atoms with Gasteiger partial charge >= 0.3 is 12.1 Å². The third-order valence-corrected chi connectivity index (χ3v) is 4.60. The zero-order valence-electron chi connectivity index (χ0n) is 18.6. The Bertz CT molecular complexity index is 881. The molecule has 1 aromatic rings. The average Bonchev–Trinajstić information content (AvgIpc) is 2.80. The van der Waals surface area contributed by atoms with E-state index in [1.165, 1.54) is 0 Å². The highest BCUT2D eigenvalue weighted by molar-refractivity contribution is 5.88. The molecule has 194 valence electrons. The number of aliphatic carboxylic acids is 1. The summed E-state index contributed by atoms with van der Waals surface area (Å²) in [5.74, 6) is -5.31. The van der Waals surface area contributed by atoms with Crippen LogP contribution in [0, 0.1) is 5.92 Å². The van der Waals surface area contributed by atoms with Crippen LogP contribution in [0.2, 0.25) is 0 Å². The maximum atomic E-state index is 12.6. The lowest BCUT2D eigenvalue weighted by Crippen LogP contribution is -2.44. The number of Topliss-reactive ketones (excluding diaryl/α,β-unsaturated/α-hetero) is 1. The highest BCUT2D eigenvalue weighted by atomic mass is 19.4. The van der Waals surface area contributed by atoms with Gasteiger partial charge in [-0.3, -0.25) is 19.2 Å². The number of rotatable bonds is 15. The number of amides is 3. The summed E-state index contributed by atoms with van der Waals surface area (Å²) in [5.41, 5.74) is 5.94. The van der Waals surface area contributed by atoms with Crippen molar-refractivity contribution in [2.24, 2.45) is 11.7 Å². The van der Waals surface area contributed by atoms with Crippen molar-refractivity contribution in [3.8, 4) is 0 Å². The second-order valence-corrected chi connectivity index (χ2v) is 7.33. The van der Waals surface area contributed by atoms with Crippen molar-refractivity contribution in [2.45, 2.75) is 31.5 Å². The van der Waals surface area contributed by atoms with Crippen molar-refractivity contribution in [3.05, 3.63) is 35.9 Å². The number of carbonyl (C=O) groups is 5. The summed E-state index contributed by atoms with van der Waals surface area (Å²) in [7, 11) is 0. The van der Waals surface area contributed by atoms with Gasteiger partial charge in [-0.1, -0.05) is 30.3 Å². The molecule has 35 heavy (non-hydrogen) atoms. The number of carboxylic acid groups (broad SMARTS) is 1. The van der Waals surface area contributed by atoms with E-state index in [9.17, 15) is 37.1 Å². The number of hydrogen-bond donors (Lipinski definition) is 5. The van der Waals surface area contributed by atoms with Crippen molar-refractivity contribution in [3.63, 3.8) is 0 Å². The smallest absolute Gasteiger partial charge is 0.425 e. The Morgan fingerprint density at radius 1 is 0.971 bits per heavy atom. The monoisotopic (exact) mass is 504 g/mol. The number of alkyl halides is 3. The minimum atomic E-state index is -5.17. The minimum absolute atomic E-state index is 0.0379. The highest BCUT2D eigenvalue weighted by Crippen LogP contribution is 2.22. The van der Waals surface area contributed by atoms with Gasteiger partial charge in [0.05, 0.1) is 19.6 Å². The second-order valence-electron chi connectivity index (χ2n) is 7.33. The van der Waals surface area contributed by atoms with E-state index >= 15 is 0 Å². The Morgan fingerprint density at radius 3 is 2.20 bits per heavy atom. The van der Waals surface area contributed by atoms with E-state index in [0.29, 0.717) is 0 Å². The van der Waals surface area contributed by atoms with Crippen molar-refractivity contribution in [1.82, 2.24) is 16.0 Å². The fourth-order valence-electron chi connectivity index (χ4n) is 2.80. The molecule has 14 heteroatoms. The third kappa shape index (κ3) is 12.0. The first kappa shape index (κ1) is 29.5. The molecule has 6 N–H and O–H groups in total. The van der Waals surface area contributed by atoms with Gasteiger partial charge < -0.3 is 31.5 Å². The molecular weight excluding hydrogens is 477 g/mol. The van der Waals surface area contributed by atoms with Crippen LogP contribution in [-0.2, 0) is 35.1 Å². The number of ketones is 1. The zero-order chi connectivity index (χ0) is 26.4. The maximum Gasteiger partial charge on any atom is 0.425 e. The average molecular weight is 504 g/mol. The molecule has 1 unspecified atom stereocenters. The van der Waals surface area contributed by atoms with Crippen LogP contribution in [0.1, 0.15) is 18.4 Å². The zero-order valence-corrected chi connectivity index (χ0v) is 18.6. The molecule has 0 aliphatic carbocycles. The summed E-state index contributed by atoms with van der Waals surface area (Å²) in [6.45, 7) is -2.17. The Morgan fingerprint density at radius 2 is 1.63 bits per heavy atom. The normalized spacial score (nSPS) is 12.8. The van der Waals surface area contributed by atoms with Gasteiger partial charge in [0.15, 0.2) is 5.78 Å². The molecule has 0 aliphatic heterocycles. The van der Waals surface area contributed by atoms with Crippen LogP contribution < -0.4 is 21.7 Å². The Hall–Kier alpha value is -3.52. The molecule has 0 saturated carbocycles. The van der Waals surface area contributed by atoms with Crippen molar-refractivity contribution in [1.29, 1.82) is 0 Å². The highest BCUT2D eigenvalue weighted by Gasteiger charge is 2.46. The first-order valence-corrected chi connectivity index (χ1v) is 10.4. The van der Waals surface area contributed by atoms with E-state index in [2.05, 4.69) is 15.4 Å². The number of benzene rings is 1. The van der Waals surface area contributed by atoms with Crippen LogP contribution in [0.3, 0.4) is 0 Å². The topological polar surface area (TPSA) is 177 Å². The SMILES string of the molecule is NCC(=O)NCC(=O)CC[C@@H](Cc1ccccc1)C(=O)NCC(=O)NCOC(C(=O)O)C(F)(F)F. The molecule has 2 atom stereocenters. The lowest BCUT2D eigenvalue weighted by Gasteiger charge is -2.18. The maximum absolute atomic E-state index is 12.6. The minimum Gasteiger partial charge on any atom is -0.479 e. The summed E-state index contributed by atoms with van der Waals surface area (Å²) >= 11 is 0. The Kier molecular flexibility index (Phi) is 12.4. The van der Waals surface area contributed by atoms with Gasteiger partial charge in [0.1, 0.15) is 6.73 Å². The van der Waals surface area contributed by atoms with Crippen LogP contribution >= 0.6 is 0 Å². The standard InChI is InChI=1S/C21H27F3N4O7/c22-21(23,24)18(20(33)34)35-12-28-17(31)11-27-19(32)14(8-13-4-2-1-3-5-13)6-7-15(29)10-26-16(30)9-25/h1-5,14,18H,6-12,25H2,(H,26,30)(H,27,32)(H,28,31)(H,33,34)/t14-,18?/m0/s1. The van der Waals surface area contributed by atoms with E-state index in [1.807, 2.05) is 5.32 Å². The van der Waals surface area contributed by atoms with Gasteiger partial charge in [0, 0.05) is 12.3 Å². The Labute approximate surface area is 198 Å². The molecule has 1 aromatic carbocycles. The molecule has 0 bridgehead atoms. The van der Waals surface area contributed by atoms with Crippen molar-refractivity contribution in [2.75, 3.05) is 26.4 Å². The first-order valence-electron chi connectivity index (χ1n) is 10.4. The molecule has 3 amide bonds. The molecule has 11 nitrogen and oxygen atoms in total. The summed E-state index contributed by atoms with van der Waals surface area (Å²) in [6.07, 6.45) is -7.97. The molecule has 0 spiro atoms. The second kappa shape index (κ2) is 14.7. The molecule has 0 fully saturated rings. The summed E-state index contributed by atoms with van der Waals surface area (Å²) in [4.78, 5) is 58.2. The molecular formula is C21H27F3N4O7. The van der Waals surface area contributed by atoms with E-state index in [4.69, 9.17) is 10.8 Å².